The number of fused-ring (bicyclic) bond motifs is 3. The maximum Gasteiger partial charge on any atom is 0.0369 e. The molecule has 0 amide bonds. The van der Waals surface area contributed by atoms with E-state index in [1.807, 2.05) is 43.4 Å². The number of allylic oxidation sites excluding steroid dienone is 17. The summed E-state index contributed by atoms with van der Waals surface area (Å²) in [6.45, 7) is 14.4. The van der Waals surface area contributed by atoms with Crippen LogP contribution in [0.1, 0.15) is 97.0 Å². The zero-order valence-electron chi connectivity index (χ0n) is 35.0. The van der Waals surface area contributed by atoms with Gasteiger partial charge in [0.15, 0.2) is 0 Å². The second-order valence-corrected chi connectivity index (χ2v) is 15.2. The summed E-state index contributed by atoms with van der Waals surface area (Å²) in [5.41, 5.74) is 13.7. The molecule has 0 bridgehead atoms. The van der Waals surface area contributed by atoms with Gasteiger partial charge in [-0.25, -0.2) is 0 Å². The molecule has 1 unspecified atom stereocenters. The molecule has 0 spiro atoms. The van der Waals surface area contributed by atoms with Crippen LogP contribution in [0.25, 0.3) is 41.0 Å². The average molecular weight is 778 g/mol. The zero-order valence-corrected chi connectivity index (χ0v) is 35.8. The summed E-state index contributed by atoms with van der Waals surface area (Å²) >= 11 is 1.91. The van der Waals surface area contributed by atoms with Crippen LogP contribution >= 0.6 is 11.3 Å². The van der Waals surface area contributed by atoms with Gasteiger partial charge in [-0.2, -0.15) is 0 Å². The first-order chi connectivity index (χ1) is 28.6. The molecule has 0 fully saturated rings. The third kappa shape index (κ3) is 12.3. The lowest BCUT2D eigenvalue weighted by atomic mass is 9.92. The van der Waals surface area contributed by atoms with E-state index in [9.17, 15) is 0 Å². The smallest absolute Gasteiger partial charge is 0.0369 e. The van der Waals surface area contributed by atoms with E-state index < -0.39 is 0 Å². The van der Waals surface area contributed by atoms with Crippen LogP contribution in [0.5, 0.6) is 0 Å². The molecule has 2 aliphatic rings. The quantitative estimate of drug-likeness (QED) is 0.119. The van der Waals surface area contributed by atoms with Gasteiger partial charge in [-0.15, -0.1) is 11.3 Å². The predicted octanol–water partition coefficient (Wildman–Crippen LogP) is 16.1. The van der Waals surface area contributed by atoms with Crippen LogP contribution in [0.4, 0.5) is 0 Å². The van der Waals surface area contributed by atoms with Crippen LogP contribution in [-0.4, -0.2) is 0 Å². The number of hydrogen-bond donors (Lipinski definition) is 1. The van der Waals surface area contributed by atoms with Gasteiger partial charge in [0.25, 0.3) is 0 Å². The first-order valence-corrected chi connectivity index (χ1v) is 21.6. The lowest BCUT2D eigenvalue weighted by Gasteiger charge is -2.13. The molecule has 0 radical (unpaired) electrons. The zero-order chi connectivity index (χ0) is 41.0. The van der Waals surface area contributed by atoms with E-state index in [-0.39, 0.29) is 0 Å². The molecule has 6 rings (SSSR count). The topological polar surface area (TPSA) is 12.0 Å². The minimum atomic E-state index is 0.594. The maximum absolute atomic E-state index is 3.79. The Bertz CT molecular complexity index is 2290. The lowest BCUT2D eigenvalue weighted by Crippen LogP contribution is -2.03. The molecule has 1 heterocycles. The third-order valence-corrected chi connectivity index (χ3v) is 11.0. The molecule has 294 valence electrons. The van der Waals surface area contributed by atoms with Gasteiger partial charge in [0, 0.05) is 28.1 Å². The fourth-order valence-corrected chi connectivity index (χ4v) is 8.25. The van der Waals surface area contributed by atoms with Crippen molar-refractivity contribution in [2.24, 2.45) is 5.92 Å². The Morgan fingerprint density at radius 2 is 1.50 bits per heavy atom. The Labute approximate surface area is 353 Å². The van der Waals surface area contributed by atoms with Crippen molar-refractivity contribution in [3.05, 3.63) is 231 Å². The van der Waals surface area contributed by atoms with E-state index in [1.54, 1.807) is 6.08 Å². The predicted molar refractivity (Wildman–Crippen MR) is 261 cm³/mol. The molecule has 4 aromatic rings. The molecule has 2 aliphatic carbocycles. The van der Waals surface area contributed by atoms with Crippen molar-refractivity contribution in [2.45, 2.75) is 60.3 Å². The normalized spacial score (nSPS) is 16.0. The van der Waals surface area contributed by atoms with E-state index in [0.29, 0.717) is 5.92 Å². The molecule has 1 atom stereocenters. The van der Waals surface area contributed by atoms with Crippen molar-refractivity contribution in [2.75, 3.05) is 0 Å². The number of thiophene rings is 1. The number of nitrogens with one attached hydrogen (secondary N) is 1. The van der Waals surface area contributed by atoms with Crippen molar-refractivity contribution < 1.29 is 0 Å². The summed E-state index contributed by atoms with van der Waals surface area (Å²) in [5.74, 6) is 0.594. The van der Waals surface area contributed by atoms with Gasteiger partial charge >= 0.3 is 0 Å². The molecule has 2 heteroatoms. The third-order valence-electron chi connectivity index (χ3n) is 9.81. The molecule has 58 heavy (non-hydrogen) atoms. The van der Waals surface area contributed by atoms with E-state index in [1.165, 1.54) is 54.4 Å². The van der Waals surface area contributed by atoms with Crippen molar-refractivity contribution in [1.29, 1.82) is 0 Å². The average Bonchev–Trinajstić information content (AvgIpc) is 3.46. The van der Waals surface area contributed by atoms with E-state index in [0.717, 1.165) is 42.4 Å². The fourth-order valence-electron chi connectivity index (χ4n) is 7.05. The molecule has 1 nitrogen and oxygen atoms in total. The molecule has 1 N–H and O–H groups in total. The molecular weight excluding hydrogens is 719 g/mol. The van der Waals surface area contributed by atoms with Gasteiger partial charge < -0.3 is 5.32 Å². The molecule has 0 saturated heterocycles. The van der Waals surface area contributed by atoms with Crippen LogP contribution in [0.3, 0.4) is 0 Å². The highest BCUT2D eigenvalue weighted by atomic mass is 32.1. The number of benzene rings is 3. The van der Waals surface area contributed by atoms with E-state index in [4.69, 9.17) is 0 Å². The van der Waals surface area contributed by atoms with Crippen molar-refractivity contribution in [3.8, 4) is 0 Å². The molecule has 0 saturated carbocycles. The van der Waals surface area contributed by atoms with Crippen LogP contribution in [0.2, 0.25) is 0 Å². The van der Waals surface area contributed by atoms with Crippen molar-refractivity contribution >= 4 is 52.4 Å². The fraction of sp³-hybridized carbons (Fsp3) is 0.179. The van der Waals surface area contributed by atoms with E-state index in [2.05, 4.69) is 203 Å². The standard InChI is InChI=1S/C54H53NS.C2H6/c1-5-8-9-10-13-26-47(39-46(20-6-2)43-22-14-11-15-23-43)44-33-31-42(32-34-44)38-48(21-7-3)50(45-24-16-12-17-25-45)29-19-36-55-49-27-18-28-51-52-37-41(4)30-35-53(52)56-54(51)40-49;1-2/h5-6,8-20,22-26,28-36,38-41,55H,1,7,21,27,37H2,2-4H3;1-2H3/b9-8-,13-10-,20-6+,36-19+,46-39+,47-26+,48-38?,50-29-;. The lowest BCUT2D eigenvalue weighted by molar-refractivity contribution is 0.719. The van der Waals surface area contributed by atoms with Gasteiger partial charge in [-0.3, -0.25) is 0 Å². The first-order valence-electron chi connectivity index (χ1n) is 20.8. The Kier molecular flexibility index (Phi) is 17.4. The second-order valence-electron chi connectivity index (χ2n) is 14.1. The summed E-state index contributed by atoms with van der Waals surface area (Å²) in [6, 6.07) is 30.3. The Morgan fingerprint density at radius 3 is 2.21 bits per heavy atom. The van der Waals surface area contributed by atoms with Gasteiger partial charge in [0.05, 0.1) is 0 Å². The summed E-state index contributed by atoms with van der Waals surface area (Å²) in [6.07, 6.45) is 43.1. The highest BCUT2D eigenvalue weighted by Gasteiger charge is 2.20. The van der Waals surface area contributed by atoms with Crippen molar-refractivity contribution in [1.82, 2.24) is 5.32 Å². The van der Waals surface area contributed by atoms with Crippen molar-refractivity contribution in [3.63, 3.8) is 0 Å². The van der Waals surface area contributed by atoms with Gasteiger partial charge in [-0.05, 0) is 106 Å². The summed E-state index contributed by atoms with van der Waals surface area (Å²) < 4.78 is 0. The summed E-state index contributed by atoms with van der Waals surface area (Å²) in [5, 5.41) is 3.62. The second kappa shape index (κ2) is 23.3. The minimum Gasteiger partial charge on any atom is -0.365 e. The van der Waals surface area contributed by atoms with E-state index >= 15 is 0 Å². The molecular formula is C56H59NS. The monoisotopic (exact) mass is 777 g/mol. The SMILES string of the molecule is C=C\C=C/C=C\C=C(/C=C(\C=C\C)c1ccccc1)c1ccc(C=C(CCC)/C(=C\C=C\NC2=Cc3sc4c(c3C=CC2)CC(C)C=C4)c2ccccc2)cc1.CC. The minimum absolute atomic E-state index is 0.594. The van der Waals surface area contributed by atoms with Crippen LogP contribution in [0.15, 0.2) is 188 Å². The van der Waals surface area contributed by atoms with Gasteiger partial charge in [0.2, 0.25) is 0 Å². The number of hydrogen-bond acceptors (Lipinski definition) is 2. The Balaban J connectivity index is 0.00000315. The molecule has 0 aliphatic heterocycles. The molecule has 3 aromatic carbocycles. The van der Waals surface area contributed by atoms with Gasteiger partial charge in [-0.1, -0.05) is 205 Å². The Hall–Kier alpha value is -5.96. The first kappa shape index (κ1) is 43.2. The van der Waals surface area contributed by atoms with Crippen LogP contribution in [0, 0.1) is 5.92 Å². The Morgan fingerprint density at radius 1 is 0.793 bits per heavy atom. The van der Waals surface area contributed by atoms with Crippen LogP contribution < -0.4 is 5.32 Å². The highest BCUT2D eigenvalue weighted by Crippen LogP contribution is 2.38. The van der Waals surface area contributed by atoms with Crippen LogP contribution in [-0.2, 0) is 6.42 Å². The number of rotatable bonds is 15. The maximum atomic E-state index is 3.79. The summed E-state index contributed by atoms with van der Waals surface area (Å²) in [4.78, 5) is 2.76. The highest BCUT2D eigenvalue weighted by molar-refractivity contribution is 7.14. The largest absolute Gasteiger partial charge is 0.365 e. The summed E-state index contributed by atoms with van der Waals surface area (Å²) in [7, 11) is 0. The van der Waals surface area contributed by atoms with Gasteiger partial charge in [0.1, 0.15) is 0 Å². The molecule has 1 aromatic heterocycles.